The average molecular weight is 510 g/mol. The molecule has 3 aromatic carbocycles. The van der Waals surface area contributed by atoms with E-state index in [-0.39, 0.29) is 12.5 Å². The minimum atomic E-state index is -4.39. The lowest BCUT2D eigenvalue weighted by Gasteiger charge is -2.37. The Morgan fingerprint density at radius 3 is 2.51 bits per heavy atom. The summed E-state index contributed by atoms with van der Waals surface area (Å²) in [7, 11) is 0. The van der Waals surface area contributed by atoms with Crippen LogP contribution in [0.4, 0.5) is 13.2 Å². The molecule has 1 amide bonds. The molecule has 0 bridgehead atoms. The summed E-state index contributed by atoms with van der Waals surface area (Å²) in [4.78, 5) is 14.8. The van der Waals surface area contributed by atoms with Crippen LogP contribution in [0.25, 0.3) is 0 Å². The van der Waals surface area contributed by atoms with E-state index in [9.17, 15) is 23.1 Å². The van der Waals surface area contributed by atoms with Crippen LogP contribution in [0.1, 0.15) is 39.5 Å². The number of nitrogens with zero attached hydrogens (tertiary/aromatic N) is 1. The molecule has 8 heteroatoms. The van der Waals surface area contributed by atoms with Gasteiger partial charge in [0.25, 0.3) is 5.91 Å². The summed E-state index contributed by atoms with van der Waals surface area (Å²) in [5.74, 6) is 1.47. The van der Waals surface area contributed by atoms with E-state index in [2.05, 4.69) is 0 Å². The smallest absolute Gasteiger partial charge is 0.416 e. The fourth-order valence-corrected chi connectivity index (χ4v) is 4.50. The number of aryl methyl sites for hydroxylation is 1. The predicted molar refractivity (Wildman–Crippen MR) is 132 cm³/mol. The van der Waals surface area contributed by atoms with Crippen LogP contribution in [-0.4, -0.2) is 34.2 Å². The van der Waals surface area contributed by atoms with Gasteiger partial charge < -0.3 is 19.5 Å². The van der Waals surface area contributed by atoms with Gasteiger partial charge in [-0.2, -0.15) is 13.2 Å². The molecule has 2 atom stereocenters. The SMILES string of the molecule is Cc1cc(Oc2cccc(C(=O)N3CCc4cc(C(F)(F)F)ccc4C3)c2)ccc1OC1(C)C=CC1O. The minimum absolute atomic E-state index is 0.212. The highest BCUT2D eigenvalue weighted by Crippen LogP contribution is 2.35. The van der Waals surface area contributed by atoms with Gasteiger partial charge in [-0.1, -0.05) is 18.2 Å². The maximum atomic E-state index is 13.2. The number of benzene rings is 3. The number of carbonyl (C=O) groups is 1. The van der Waals surface area contributed by atoms with E-state index in [1.807, 2.05) is 26.0 Å². The summed E-state index contributed by atoms with van der Waals surface area (Å²) in [6.07, 6.45) is -1.20. The van der Waals surface area contributed by atoms with E-state index in [1.165, 1.54) is 12.1 Å². The number of aliphatic hydroxyl groups is 1. The van der Waals surface area contributed by atoms with Crippen LogP contribution in [0.5, 0.6) is 17.2 Å². The third kappa shape index (κ3) is 5.06. The van der Waals surface area contributed by atoms with Crippen LogP contribution in [0.2, 0.25) is 0 Å². The molecule has 3 aromatic rings. The largest absolute Gasteiger partial charge is 0.480 e. The second kappa shape index (κ2) is 9.27. The first kappa shape index (κ1) is 24.9. The Morgan fingerprint density at radius 2 is 1.84 bits per heavy atom. The van der Waals surface area contributed by atoms with Gasteiger partial charge in [-0.05, 0) is 91.6 Å². The molecule has 1 N–H and O–H groups in total. The van der Waals surface area contributed by atoms with Crippen LogP contribution in [-0.2, 0) is 19.1 Å². The van der Waals surface area contributed by atoms with E-state index >= 15 is 0 Å². The summed E-state index contributed by atoms with van der Waals surface area (Å²) in [6, 6.07) is 15.9. The van der Waals surface area contributed by atoms with Crippen LogP contribution in [0.15, 0.2) is 72.8 Å². The summed E-state index contributed by atoms with van der Waals surface area (Å²) in [5, 5.41) is 9.91. The van der Waals surface area contributed by atoms with E-state index in [4.69, 9.17) is 9.47 Å². The molecule has 5 nitrogen and oxygen atoms in total. The second-order valence-corrected chi connectivity index (χ2v) is 9.61. The van der Waals surface area contributed by atoms with Crippen LogP contribution in [0.3, 0.4) is 0 Å². The number of hydrogen-bond donors (Lipinski definition) is 1. The van der Waals surface area contributed by atoms with Crippen molar-refractivity contribution in [3.8, 4) is 17.2 Å². The minimum Gasteiger partial charge on any atom is -0.480 e. The molecule has 0 aromatic heterocycles. The fourth-order valence-electron chi connectivity index (χ4n) is 4.50. The summed E-state index contributed by atoms with van der Waals surface area (Å²) < 4.78 is 51.0. The van der Waals surface area contributed by atoms with E-state index in [1.54, 1.807) is 47.4 Å². The molecule has 192 valence electrons. The quantitative estimate of drug-likeness (QED) is 0.424. The van der Waals surface area contributed by atoms with Crippen molar-refractivity contribution >= 4 is 5.91 Å². The number of amides is 1. The van der Waals surface area contributed by atoms with Gasteiger partial charge in [0.2, 0.25) is 0 Å². The van der Waals surface area contributed by atoms with Crippen molar-refractivity contribution in [2.45, 2.75) is 44.7 Å². The van der Waals surface area contributed by atoms with E-state index < -0.39 is 23.4 Å². The van der Waals surface area contributed by atoms with Crippen molar-refractivity contribution in [3.05, 3.63) is 101 Å². The molecule has 5 rings (SSSR count). The zero-order valence-corrected chi connectivity index (χ0v) is 20.4. The molecule has 1 aliphatic heterocycles. The van der Waals surface area contributed by atoms with E-state index in [0.29, 0.717) is 41.3 Å². The highest BCUT2D eigenvalue weighted by Gasteiger charge is 2.38. The molecule has 0 saturated carbocycles. The molecule has 0 saturated heterocycles. The molecular formula is C29H26F3NO4. The van der Waals surface area contributed by atoms with E-state index in [0.717, 1.165) is 17.2 Å². The molecular weight excluding hydrogens is 483 g/mol. The summed E-state index contributed by atoms with van der Waals surface area (Å²) in [6.45, 7) is 4.28. The Hall–Kier alpha value is -3.78. The van der Waals surface area contributed by atoms with Gasteiger partial charge in [-0.15, -0.1) is 0 Å². The molecule has 1 heterocycles. The van der Waals surface area contributed by atoms with Gasteiger partial charge in [0, 0.05) is 18.7 Å². The summed E-state index contributed by atoms with van der Waals surface area (Å²) >= 11 is 0. The molecule has 2 aliphatic rings. The number of carbonyl (C=O) groups excluding carboxylic acids is 1. The van der Waals surface area contributed by atoms with Crippen LogP contribution in [0, 0.1) is 6.92 Å². The molecule has 37 heavy (non-hydrogen) atoms. The van der Waals surface area contributed by atoms with Gasteiger partial charge in [-0.25, -0.2) is 0 Å². The first-order chi connectivity index (χ1) is 17.5. The lowest BCUT2D eigenvalue weighted by atomic mass is 9.88. The Morgan fingerprint density at radius 1 is 1.05 bits per heavy atom. The monoisotopic (exact) mass is 509 g/mol. The maximum Gasteiger partial charge on any atom is 0.416 e. The van der Waals surface area contributed by atoms with Crippen molar-refractivity contribution < 1.29 is 32.5 Å². The molecule has 1 aliphatic carbocycles. The number of aliphatic hydroxyl groups excluding tert-OH is 1. The number of fused-ring (bicyclic) bond motifs is 1. The maximum absolute atomic E-state index is 13.2. The van der Waals surface area contributed by atoms with Crippen molar-refractivity contribution in [1.82, 2.24) is 4.90 Å². The van der Waals surface area contributed by atoms with Gasteiger partial charge in [-0.3, -0.25) is 4.79 Å². The van der Waals surface area contributed by atoms with Gasteiger partial charge in [0.05, 0.1) is 5.56 Å². The Balaban J connectivity index is 1.27. The van der Waals surface area contributed by atoms with Crippen molar-refractivity contribution in [1.29, 1.82) is 0 Å². The van der Waals surface area contributed by atoms with Gasteiger partial charge >= 0.3 is 6.18 Å². The molecule has 0 radical (unpaired) electrons. The van der Waals surface area contributed by atoms with Crippen LogP contribution >= 0.6 is 0 Å². The number of hydrogen-bond acceptors (Lipinski definition) is 4. The molecule has 0 fully saturated rings. The average Bonchev–Trinajstić information content (AvgIpc) is 2.88. The van der Waals surface area contributed by atoms with Gasteiger partial charge in [0.1, 0.15) is 23.4 Å². The third-order valence-electron chi connectivity index (χ3n) is 6.82. The number of rotatable bonds is 5. The Labute approximate surface area is 212 Å². The van der Waals surface area contributed by atoms with Gasteiger partial charge in [0.15, 0.2) is 5.60 Å². The van der Waals surface area contributed by atoms with Crippen molar-refractivity contribution in [2.75, 3.05) is 6.54 Å². The lowest BCUT2D eigenvalue weighted by molar-refractivity contribution is -0.137. The molecule has 2 unspecified atom stereocenters. The fraction of sp³-hybridized carbons (Fsp3) is 0.276. The lowest BCUT2D eigenvalue weighted by Crippen LogP contribution is -2.48. The number of halogens is 3. The second-order valence-electron chi connectivity index (χ2n) is 9.61. The predicted octanol–water partition coefficient (Wildman–Crippen LogP) is 6.07. The zero-order chi connectivity index (χ0) is 26.4. The summed E-state index contributed by atoms with van der Waals surface area (Å²) in [5.41, 5.74) is 1.18. The number of ether oxygens (including phenoxy) is 2. The Kier molecular flexibility index (Phi) is 6.23. The first-order valence-corrected chi connectivity index (χ1v) is 12.0. The normalized spacial score (nSPS) is 20.7. The van der Waals surface area contributed by atoms with Crippen LogP contribution < -0.4 is 9.47 Å². The number of alkyl halides is 3. The van der Waals surface area contributed by atoms with Crippen molar-refractivity contribution in [3.63, 3.8) is 0 Å². The third-order valence-corrected chi connectivity index (χ3v) is 6.82. The Bertz CT molecular complexity index is 1380. The first-order valence-electron chi connectivity index (χ1n) is 12.0. The highest BCUT2D eigenvalue weighted by atomic mass is 19.4. The van der Waals surface area contributed by atoms with Crippen molar-refractivity contribution in [2.24, 2.45) is 0 Å². The topological polar surface area (TPSA) is 59.0 Å². The highest BCUT2D eigenvalue weighted by molar-refractivity contribution is 5.94. The standard InChI is InChI=1S/C29H26F3NO4/c1-18-14-24(8-9-25(18)37-28(2)12-10-26(28)34)36-23-5-3-4-20(16-23)27(35)33-13-11-19-15-22(29(30,31)32)7-6-21(19)17-33/h3-10,12,14-16,26,34H,11,13,17H2,1-2H3. The molecule has 0 spiro atoms. The zero-order valence-electron chi connectivity index (χ0n) is 20.4.